The van der Waals surface area contributed by atoms with E-state index in [1.807, 2.05) is 19.2 Å². The molecule has 1 aromatic rings. The molecule has 6 heteroatoms. The third-order valence-corrected chi connectivity index (χ3v) is 7.35. The summed E-state index contributed by atoms with van der Waals surface area (Å²) in [7, 11) is -3.38. The molecule has 2 heterocycles. The number of nitrogens with zero attached hydrogens (tertiary/aromatic N) is 1. The molecule has 1 N–H and O–H groups in total. The van der Waals surface area contributed by atoms with Crippen LogP contribution in [0, 0.1) is 0 Å². The molecule has 0 saturated carbocycles. The number of hydrogen-bond donors (Lipinski definition) is 1. The van der Waals surface area contributed by atoms with Gasteiger partial charge >= 0.3 is 0 Å². The second-order valence-electron chi connectivity index (χ2n) is 5.85. The fourth-order valence-electron chi connectivity index (χ4n) is 3.05. The molecular formula is C15H26N2O2S2. The average Bonchev–Trinajstić information content (AvgIpc) is 2.88. The van der Waals surface area contributed by atoms with Gasteiger partial charge in [-0.25, -0.2) is 8.42 Å². The minimum absolute atomic E-state index is 0.0927. The van der Waals surface area contributed by atoms with Crippen LogP contribution in [-0.2, 0) is 16.6 Å². The van der Waals surface area contributed by atoms with Crippen LogP contribution in [0.4, 0.5) is 0 Å². The number of nitrogens with one attached hydrogen (secondary N) is 1. The van der Waals surface area contributed by atoms with Crippen LogP contribution >= 0.6 is 11.3 Å². The van der Waals surface area contributed by atoms with Crippen LogP contribution in [-0.4, -0.2) is 31.4 Å². The van der Waals surface area contributed by atoms with E-state index in [0.29, 0.717) is 11.4 Å². The van der Waals surface area contributed by atoms with E-state index < -0.39 is 10.0 Å². The van der Waals surface area contributed by atoms with Gasteiger partial charge in [0.25, 0.3) is 0 Å². The first-order valence-corrected chi connectivity index (χ1v) is 10.1. The van der Waals surface area contributed by atoms with E-state index in [9.17, 15) is 8.42 Å². The van der Waals surface area contributed by atoms with Gasteiger partial charge in [0, 0.05) is 23.5 Å². The molecular weight excluding hydrogens is 304 g/mol. The highest BCUT2D eigenvalue weighted by Crippen LogP contribution is 2.32. The second kappa shape index (κ2) is 7.22. The molecule has 1 aromatic heterocycles. The quantitative estimate of drug-likeness (QED) is 0.815. The van der Waals surface area contributed by atoms with Gasteiger partial charge in [0.15, 0.2) is 0 Å². The summed E-state index contributed by atoms with van der Waals surface area (Å²) >= 11 is 1.52. The molecule has 120 valence electrons. The summed E-state index contributed by atoms with van der Waals surface area (Å²) in [6.07, 6.45) is 4.07. The van der Waals surface area contributed by atoms with Gasteiger partial charge in [-0.1, -0.05) is 13.3 Å². The first-order valence-electron chi connectivity index (χ1n) is 7.79. The topological polar surface area (TPSA) is 49.4 Å². The predicted molar refractivity (Wildman–Crippen MR) is 88.1 cm³/mol. The summed E-state index contributed by atoms with van der Waals surface area (Å²) in [5, 5.41) is 5.19. The van der Waals surface area contributed by atoms with Crippen LogP contribution in [0.25, 0.3) is 0 Å². The predicted octanol–water partition coefficient (Wildman–Crippen LogP) is 3.20. The average molecular weight is 331 g/mol. The third-order valence-electron chi connectivity index (χ3n) is 4.08. The molecule has 1 aliphatic heterocycles. The smallest absolute Gasteiger partial charge is 0.244 e. The molecule has 4 nitrogen and oxygen atoms in total. The highest BCUT2D eigenvalue weighted by molar-refractivity contribution is 7.89. The summed E-state index contributed by atoms with van der Waals surface area (Å²) in [5.74, 6) is 0. The van der Waals surface area contributed by atoms with Crippen molar-refractivity contribution in [3.05, 3.63) is 16.3 Å². The molecule has 0 aliphatic carbocycles. The molecule has 2 atom stereocenters. The fourth-order valence-corrected chi connectivity index (χ4v) is 6.32. The molecule has 0 amide bonds. The third kappa shape index (κ3) is 3.67. The van der Waals surface area contributed by atoms with Gasteiger partial charge in [-0.2, -0.15) is 4.31 Å². The Morgan fingerprint density at radius 3 is 2.62 bits per heavy atom. The van der Waals surface area contributed by atoms with Crippen LogP contribution < -0.4 is 5.32 Å². The summed E-state index contributed by atoms with van der Waals surface area (Å²) in [6.45, 7) is 7.70. The zero-order valence-electron chi connectivity index (χ0n) is 13.1. The van der Waals surface area contributed by atoms with E-state index in [2.05, 4.69) is 12.2 Å². The number of sulfonamides is 1. The Morgan fingerprint density at radius 1 is 1.33 bits per heavy atom. The molecule has 0 radical (unpaired) electrons. The first-order chi connectivity index (χ1) is 9.98. The van der Waals surface area contributed by atoms with Gasteiger partial charge in [0.2, 0.25) is 10.0 Å². The SMILES string of the molecule is CCCNCc1sccc1S(=O)(=O)N1[C@H](C)CCC[C@@H]1C. The Hall–Kier alpha value is -0.430. The zero-order chi connectivity index (χ0) is 15.5. The second-order valence-corrected chi connectivity index (χ2v) is 8.66. The lowest BCUT2D eigenvalue weighted by molar-refractivity contribution is 0.204. The highest BCUT2D eigenvalue weighted by Gasteiger charge is 2.36. The maximum Gasteiger partial charge on any atom is 0.244 e. The molecule has 2 rings (SSSR count). The highest BCUT2D eigenvalue weighted by atomic mass is 32.2. The van der Waals surface area contributed by atoms with E-state index in [1.165, 1.54) is 11.3 Å². The lowest BCUT2D eigenvalue weighted by Crippen LogP contribution is -2.47. The standard InChI is InChI=1S/C15H26N2O2S2/c1-4-9-16-11-14-15(8-10-20-14)21(18,19)17-12(2)6-5-7-13(17)3/h8,10,12-13,16H,4-7,9,11H2,1-3H3/t12-,13+. The van der Waals surface area contributed by atoms with E-state index >= 15 is 0 Å². The number of rotatable bonds is 6. The summed E-state index contributed by atoms with van der Waals surface area (Å²) in [4.78, 5) is 1.42. The van der Waals surface area contributed by atoms with Crippen LogP contribution in [0.1, 0.15) is 51.3 Å². The monoisotopic (exact) mass is 330 g/mol. The number of thiophene rings is 1. The van der Waals surface area contributed by atoms with E-state index in [4.69, 9.17) is 0 Å². The van der Waals surface area contributed by atoms with Gasteiger partial charge in [0.05, 0.1) is 4.90 Å². The Morgan fingerprint density at radius 2 is 2.00 bits per heavy atom. The van der Waals surface area contributed by atoms with Gasteiger partial charge < -0.3 is 5.32 Å². The molecule has 1 saturated heterocycles. The lowest BCUT2D eigenvalue weighted by Gasteiger charge is -2.37. The Balaban J connectivity index is 2.25. The zero-order valence-corrected chi connectivity index (χ0v) is 14.8. The van der Waals surface area contributed by atoms with E-state index in [0.717, 1.165) is 37.1 Å². The van der Waals surface area contributed by atoms with E-state index in [1.54, 1.807) is 10.4 Å². The van der Waals surface area contributed by atoms with Gasteiger partial charge in [-0.15, -0.1) is 11.3 Å². The van der Waals surface area contributed by atoms with Crippen LogP contribution in [0.5, 0.6) is 0 Å². The maximum absolute atomic E-state index is 13.0. The van der Waals surface area contributed by atoms with Crippen molar-refractivity contribution < 1.29 is 8.42 Å². The largest absolute Gasteiger partial charge is 0.312 e. The summed E-state index contributed by atoms with van der Waals surface area (Å²) in [5.41, 5.74) is 0. The van der Waals surface area contributed by atoms with Gasteiger partial charge in [0.1, 0.15) is 0 Å². The normalized spacial score (nSPS) is 24.3. The van der Waals surface area contributed by atoms with E-state index in [-0.39, 0.29) is 12.1 Å². The van der Waals surface area contributed by atoms with Crippen molar-refractivity contribution in [2.45, 2.75) is 70.0 Å². The van der Waals surface area contributed by atoms with Crippen LogP contribution in [0.15, 0.2) is 16.3 Å². The van der Waals surface area contributed by atoms with Crippen molar-refractivity contribution in [1.82, 2.24) is 9.62 Å². The molecule has 21 heavy (non-hydrogen) atoms. The van der Waals surface area contributed by atoms with Gasteiger partial charge in [-0.3, -0.25) is 0 Å². The van der Waals surface area contributed by atoms with Crippen molar-refractivity contribution in [3.63, 3.8) is 0 Å². The maximum atomic E-state index is 13.0. The van der Waals surface area contributed by atoms with Crippen molar-refractivity contribution >= 4 is 21.4 Å². The lowest BCUT2D eigenvalue weighted by atomic mass is 10.0. The summed E-state index contributed by atoms with van der Waals surface area (Å²) < 4.78 is 27.8. The number of hydrogen-bond acceptors (Lipinski definition) is 4. The van der Waals surface area contributed by atoms with Crippen molar-refractivity contribution in [1.29, 1.82) is 0 Å². The van der Waals surface area contributed by atoms with Crippen LogP contribution in [0.2, 0.25) is 0 Å². The first kappa shape index (κ1) is 16.9. The minimum atomic E-state index is -3.38. The molecule has 1 aliphatic rings. The van der Waals surface area contributed by atoms with Crippen molar-refractivity contribution in [2.24, 2.45) is 0 Å². The van der Waals surface area contributed by atoms with Crippen molar-refractivity contribution in [2.75, 3.05) is 6.54 Å². The Labute approximate surface area is 132 Å². The molecule has 0 spiro atoms. The Kier molecular flexibility index (Phi) is 5.82. The molecule has 0 unspecified atom stereocenters. The Bertz CT molecular complexity index is 544. The molecule has 1 fully saturated rings. The summed E-state index contributed by atoms with van der Waals surface area (Å²) in [6, 6.07) is 1.95. The molecule has 0 bridgehead atoms. The van der Waals surface area contributed by atoms with Crippen LogP contribution in [0.3, 0.4) is 0 Å². The van der Waals surface area contributed by atoms with Crippen molar-refractivity contribution in [3.8, 4) is 0 Å². The fraction of sp³-hybridized carbons (Fsp3) is 0.733. The molecule has 0 aromatic carbocycles. The number of piperidine rings is 1. The van der Waals surface area contributed by atoms with Gasteiger partial charge in [-0.05, 0) is 51.1 Å². The minimum Gasteiger partial charge on any atom is -0.312 e.